The summed E-state index contributed by atoms with van der Waals surface area (Å²) in [6.07, 6.45) is 2.61. The van der Waals surface area contributed by atoms with Gasteiger partial charge in [-0.15, -0.1) is 19.0 Å². The Labute approximate surface area is 91.2 Å². The Kier molecular flexibility index (Phi) is 6.00. The zero-order valence-electron chi connectivity index (χ0n) is 8.27. The molecule has 0 amide bonds. The summed E-state index contributed by atoms with van der Waals surface area (Å²) in [5, 5.41) is 0. The number of hydrogen-bond acceptors (Lipinski definition) is 2. The third-order valence-electron chi connectivity index (χ3n) is 1.94. The van der Waals surface area contributed by atoms with Crippen LogP contribution in [0.3, 0.4) is 0 Å². The zero-order chi connectivity index (χ0) is 9.68. The molecule has 0 saturated heterocycles. The van der Waals surface area contributed by atoms with Crippen LogP contribution in [0.15, 0.2) is 36.9 Å². The Morgan fingerprint density at radius 1 is 1.57 bits per heavy atom. The maximum absolute atomic E-state index is 5.90. The Hall–Kier alpha value is -0.990. The van der Waals surface area contributed by atoms with Crippen molar-refractivity contribution >= 4 is 12.4 Å². The summed E-state index contributed by atoms with van der Waals surface area (Å²) < 4.78 is 5.10. The van der Waals surface area contributed by atoms with Gasteiger partial charge in [-0.1, -0.05) is 18.2 Å². The topological polar surface area (TPSA) is 35.2 Å². The van der Waals surface area contributed by atoms with Crippen molar-refractivity contribution in [2.24, 2.45) is 5.73 Å². The molecule has 0 aromatic heterocycles. The van der Waals surface area contributed by atoms with E-state index in [0.717, 1.165) is 17.7 Å². The van der Waals surface area contributed by atoms with Gasteiger partial charge in [-0.2, -0.15) is 0 Å². The lowest BCUT2D eigenvalue weighted by Gasteiger charge is -2.10. The normalized spacial score (nSPS) is 11.3. The van der Waals surface area contributed by atoms with E-state index >= 15 is 0 Å². The Balaban J connectivity index is 0.00000169. The summed E-state index contributed by atoms with van der Waals surface area (Å²) in [5.74, 6) is 0.844. The van der Waals surface area contributed by atoms with E-state index in [1.165, 1.54) is 0 Å². The Morgan fingerprint density at radius 2 is 2.29 bits per heavy atom. The Bertz CT molecular complexity index is 288. The molecule has 2 nitrogen and oxygen atoms in total. The average molecular weight is 214 g/mol. The van der Waals surface area contributed by atoms with Gasteiger partial charge in [0.05, 0.1) is 7.11 Å². The molecule has 0 spiro atoms. The third kappa shape index (κ3) is 3.40. The quantitative estimate of drug-likeness (QED) is 0.781. The summed E-state index contributed by atoms with van der Waals surface area (Å²) in [6.45, 7) is 3.66. The number of halogens is 1. The van der Waals surface area contributed by atoms with Crippen LogP contribution < -0.4 is 10.5 Å². The van der Waals surface area contributed by atoms with E-state index in [0.29, 0.717) is 0 Å². The molecule has 0 aliphatic rings. The molecule has 0 aliphatic carbocycles. The molecule has 14 heavy (non-hydrogen) atoms. The second kappa shape index (κ2) is 6.46. The van der Waals surface area contributed by atoms with Gasteiger partial charge in [0.25, 0.3) is 0 Å². The van der Waals surface area contributed by atoms with Gasteiger partial charge in [0.2, 0.25) is 0 Å². The highest BCUT2D eigenvalue weighted by atomic mass is 35.5. The number of rotatable bonds is 4. The van der Waals surface area contributed by atoms with Gasteiger partial charge in [0.1, 0.15) is 5.75 Å². The number of ether oxygens (including phenoxy) is 1. The molecule has 2 N–H and O–H groups in total. The third-order valence-corrected chi connectivity index (χ3v) is 1.94. The van der Waals surface area contributed by atoms with Crippen LogP contribution in [0, 0.1) is 0 Å². The molecular formula is C11H16ClNO. The van der Waals surface area contributed by atoms with Gasteiger partial charge in [0.15, 0.2) is 0 Å². The smallest absolute Gasteiger partial charge is 0.119 e. The predicted molar refractivity (Wildman–Crippen MR) is 62.0 cm³/mol. The summed E-state index contributed by atoms with van der Waals surface area (Å²) in [7, 11) is 1.65. The largest absolute Gasteiger partial charge is 0.497 e. The van der Waals surface area contributed by atoms with E-state index < -0.39 is 0 Å². The van der Waals surface area contributed by atoms with E-state index in [9.17, 15) is 0 Å². The maximum atomic E-state index is 5.90. The summed E-state index contributed by atoms with van der Waals surface area (Å²) in [6, 6.07) is 7.82. The first kappa shape index (κ1) is 13.0. The summed E-state index contributed by atoms with van der Waals surface area (Å²) >= 11 is 0. The van der Waals surface area contributed by atoms with Crippen LogP contribution in [0.2, 0.25) is 0 Å². The average Bonchev–Trinajstić information content (AvgIpc) is 2.18. The van der Waals surface area contributed by atoms with Gasteiger partial charge in [-0.25, -0.2) is 0 Å². The van der Waals surface area contributed by atoms with Crippen molar-refractivity contribution < 1.29 is 4.74 Å². The molecule has 0 aliphatic heterocycles. The van der Waals surface area contributed by atoms with Gasteiger partial charge in [-0.05, 0) is 24.1 Å². The molecule has 0 bridgehead atoms. The van der Waals surface area contributed by atoms with Crippen LogP contribution >= 0.6 is 12.4 Å². The maximum Gasteiger partial charge on any atom is 0.119 e. The summed E-state index contributed by atoms with van der Waals surface area (Å²) in [5.41, 5.74) is 6.98. The first-order valence-electron chi connectivity index (χ1n) is 4.28. The second-order valence-electron chi connectivity index (χ2n) is 2.91. The number of nitrogens with two attached hydrogens (primary N) is 1. The zero-order valence-corrected chi connectivity index (χ0v) is 9.09. The fourth-order valence-electron chi connectivity index (χ4n) is 1.19. The minimum atomic E-state index is 0. The molecule has 0 saturated carbocycles. The van der Waals surface area contributed by atoms with Gasteiger partial charge < -0.3 is 10.5 Å². The SMILES string of the molecule is C=CC[C@H](N)c1cccc(OC)c1.Cl. The van der Waals surface area contributed by atoms with Crippen LogP contribution in [0.1, 0.15) is 18.0 Å². The van der Waals surface area contributed by atoms with E-state index in [-0.39, 0.29) is 18.4 Å². The molecule has 0 radical (unpaired) electrons. The number of methoxy groups -OCH3 is 1. The van der Waals surface area contributed by atoms with Crippen molar-refractivity contribution in [2.45, 2.75) is 12.5 Å². The van der Waals surface area contributed by atoms with Crippen molar-refractivity contribution in [3.63, 3.8) is 0 Å². The van der Waals surface area contributed by atoms with Crippen molar-refractivity contribution in [3.05, 3.63) is 42.5 Å². The molecule has 1 aromatic rings. The second-order valence-corrected chi connectivity index (χ2v) is 2.91. The summed E-state index contributed by atoms with van der Waals surface area (Å²) in [4.78, 5) is 0. The Morgan fingerprint density at radius 3 is 2.86 bits per heavy atom. The molecular weight excluding hydrogens is 198 g/mol. The fraction of sp³-hybridized carbons (Fsp3) is 0.273. The van der Waals surface area contributed by atoms with Crippen molar-refractivity contribution in [1.82, 2.24) is 0 Å². The predicted octanol–water partition coefficient (Wildman–Crippen LogP) is 2.69. The van der Waals surface area contributed by atoms with Crippen molar-refractivity contribution in [1.29, 1.82) is 0 Å². The van der Waals surface area contributed by atoms with E-state index in [1.54, 1.807) is 7.11 Å². The first-order chi connectivity index (χ1) is 6.27. The van der Waals surface area contributed by atoms with Crippen LogP contribution in [0.25, 0.3) is 0 Å². The van der Waals surface area contributed by atoms with Crippen molar-refractivity contribution in [3.8, 4) is 5.75 Å². The molecule has 1 atom stereocenters. The number of benzene rings is 1. The van der Waals surface area contributed by atoms with Crippen molar-refractivity contribution in [2.75, 3.05) is 7.11 Å². The highest BCUT2D eigenvalue weighted by molar-refractivity contribution is 5.85. The lowest BCUT2D eigenvalue weighted by atomic mass is 10.0. The molecule has 0 unspecified atom stereocenters. The van der Waals surface area contributed by atoms with Gasteiger partial charge in [-0.3, -0.25) is 0 Å². The van der Waals surface area contributed by atoms with Crippen LogP contribution in [-0.2, 0) is 0 Å². The van der Waals surface area contributed by atoms with Crippen LogP contribution in [0.4, 0.5) is 0 Å². The first-order valence-corrected chi connectivity index (χ1v) is 4.28. The highest BCUT2D eigenvalue weighted by Crippen LogP contribution is 2.19. The standard InChI is InChI=1S/C11H15NO.ClH/c1-3-5-11(12)9-6-4-7-10(8-9)13-2;/h3-4,6-8,11H,1,5,12H2,2H3;1H/t11-;/m0./s1. The fourth-order valence-corrected chi connectivity index (χ4v) is 1.19. The van der Waals surface area contributed by atoms with E-state index in [1.807, 2.05) is 30.3 Å². The minimum absolute atomic E-state index is 0. The van der Waals surface area contributed by atoms with E-state index in [4.69, 9.17) is 10.5 Å². The molecule has 1 aromatic carbocycles. The lowest BCUT2D eigenvalue weighted by Crippen LogP contribution is -2.08. The molecule has 0 fully saturated rings. The number of hydrogen-bond donors (Lipinski definition) is 1. The minimum Gasteiger partial charge on any atom is -0.497 e. The molecule has 0 heterocycles. The molecule has 3 heteroatoms. The molecule has 78 valence electrons. The van der Waals surface area contributed by atoms with E-state index in [2.05, 4.69) is 6.58 Å². The van der Waals surface area contributed by atoms with Crippen LogP contribution in [-0.4, -0.2) is 7.11 Å². The lowest BCUT2D eigenvalue weighted by molar-refractivity contribution is 0.414. The van der Waals surface area contributed by atoms with Gasteiger partial charge >= 0.3 is 0 Å². The highest BCUT2D eigenvalue weighted by Gasteiger charge is 2.03. The molecule has 1 rings (SSSR count). The van der Waals surface area contributed by atoms with Crippen LogP contribution in [0.5, 0.6) is 5.75 Å². The monoisotopic (exact) mass is 213 g/mol. The van der Waals surface area contributed by atoms with Gasteiger partial charge in [0, 0.05) is 6.04 Å².